The van der Waals surface area contributed by atoms with Crippen LogP contribution in [0.2, 0.25) is 0 Å². The molecule has 0 saturated carbocycles. The quantitative estimate of drug-likeness (QED) is 0.548. The van der Waals surface area contributed by atoms with Crippen molar-refractivity contribution >= 4 is 12.6 Å². The van der Waals surface area contributed by atoms with Crippen molar-refractivity contribution in [2.75, 3.05) is 0 Å². The SMILES string of the molecule is Sc1cc[c-]cc1.[Ir]. The molecule has 0 aliphatic carbocycles. The van der Waals surface area contributed by atoms with Gasteiger partial charge in [-0.15, -0.1) is 4.90 Å². The zero-order chi connectivity index (χ0) is 5.11. The number of thiol groups is 1. The molecule has 1 rings (SSSR count). The van der Waals surface area contributed by atoms with Gasteiger partial charge in [-0.3, -0.25) is 0 Å². The molecule has 8 heavy (non-hydrogen) atoms. The molecule has 1 aromatic carbocycles. The molecule has 0 heterocycles. The minimum Gasteiger partial charge on any atom is -0.184 e. The Morgan fingerprint density at radius 1 is 1.25 bits per heavy atom. The summed E-state index contributed by atoms with van der Waals surface area (Å²) in [4.78, 5) is 0.985. The van der Waals surface area contributed by atoms with Gasteiger partial charge in [0.2, 0.25) is 0 Å². The molecule has 45 valence electrons. The average molecular weight is 301 g/mol. The molecule has 0 aliphatic heterocycles. The van der Waals surface area contributed by atoms with Crippen LogP contribution in [-0.4, -0.2) is 0 Å². The van der Waals surface area contributed by atoms with Crippen LogP contribution in [0.1, 0.15) is 0 Å². The van der Waals surface area contributed by atoms with Crippen LogP contribution in [0, 0.1) is 6.07 Å². The van der Waals surface area contributed by atoms with Gasteiger partial charge in [0.15, 0.2) is 0 Å². The Kier molecular flexibility index (Phi) is 4.25. The summed E-state index contributed by atoms with van der Waals surface area (Å²) in [5.74, 6) is 0. The first kappa shape index (κ1) is 8.22. The summed E-state index contributed by atoms with van der Waals surface area (Å²) in [5.41, 5.74) is 0. The van der Waals surface area contributed by atoms with Gasteiger partial charge in [-0.05, 0) is 0 Å². The molecule has 1 radical (unpaired) electrons. The second-order valence-corrected chi connectivity index (χ2v) is 1.77. The third-order valence-electron chi connectivity index (χ3n) is 0.701. The third-order valence-corrected chi connectivity index (χ3v) is 0.999. The molecule has 1 aromatic rings. The summed E-state index contributed by atoms with van der Waals surface area (Å²) >= 11 is 4.06. The molecule has 0 saturated heterocycles. The van der Waals surface area contributed by atoms with Crippen LogP contribution < -0.4 is 0 Å². The molecule has 0 unspecified atom stereocenters. The third kappa shape index (κ3) is 2.51. The summed E-state index contributed by atoms with van der Waals surface area (Å²) in [7, 11) is 0. The monoisotopic (exact) mass is 302 g/mol. The van der Waals surface area contributed by atoms with Gasteiger partial charge in [0.1, 0.15) is 0 Å². The molecule has 0 bridgehead atoms. The fraction of sp³-hybridized carbons (Fsp3) is 0. The van der Waals surface area contributed by atoms with Crippen molar-refractivity contribution in [3.05, 3.63) is 30.3 Å². The number of hydrogen-bond acceptors (Lipinski definition) is 1. The van der Waals surface area contributed by atoms with Crippen LogP contribution in [0.4, 0.5) is 0 Å². The van der Waals surface area contributed by atoms with Gasteiger partial charge in [0.05, 0.1) is 0 Å². The first-order valence-electron chi connectivity index (χ1n) is 2.04. The first-order chi connectivity index (χ1) is 3.39. The maximum Gasteiger partial charge on any atom is 0 e. The maximum absolute atomic E-state index is 4.06. The molecule has 0 fully saturated rings. The normalized spacial score (nSPS) is 7.62. The Hall–Kier alpha value is 0.219. The summed E-state index contributed by atoms with van der Waals surface area (Å²) in [6.07, 6.45) is 0. The van der Waals surface area contributed by atoms with E-state index in [2.05, 4.69) is 18.7 Å². The van der Waals surface area contributed by atoms with Gasteiger partial charge < -0.3 is 0 Å². The van der Waals surface area contributed by atoms with Crippen LogP contribution in [0.5, 0.6) is 0 Å². The van der Waals surface area contributed by atoms with E-state index in [0.717, 1.165) is 4.90 Å². The molecule has 0 aliphatic rings. The number of benzene rings is 1. The predicted octanol–water partition coefficient (Wildman–Crippen LogP) is 1.77. The number of hydrogen-bond donors (Lipinski definition) is 1. The van der Waals surface area contributed by atoms with E-state index < -0.39 is 0 Å². The zero-order valence-corrected chi connectivity index (χ0v) is 7.38. The van der Waals surface area contributed by atoms with E-state index in [1.165, 1.54) is 0 Å². The minimum absolute atomic E-state index is 0. The zero-order valence-electron chi connectivity index (χ0n) is 4.09. The van der Waals surface area contributed by atoms with Crippen molar-refractivity contribution in [2.45, 2.75) is 4.90 Å². The van der Waals surface area contributed by atoms with Crippen molar-refractivity contribution in [3.8, 4) is 0 Å². The van der Waals surface area contributed by atoms with Crippen LogP contribution >= 0.6 is 12.6 Å². The van der Waals surface area contributed by atoms with E-state index >= 15 is 0 Å². The van der Waals surface area contributed by atoms with E-state index in [9.17, 15) is 0 Å². The van der Waals surface area contributed by atoms with Crippen LogP contribution in [0.25, 0.3) is 0 Å². The van der Waals surface area contributed by atoms with Crippen molar-refractivity contribution in [2.24, 2.45) is 0 Å². The first-order valence-corrected chi connectivity index (χ1v) is 2.49. The van der Waals surface area contributed by atoms with E-state index in [-0.39, 0.29) is 20.1 Å². The van der Waals surface area contributed by atoms with Gasteiger partial charge in [-0.25, -0.2) is 0 Å². The van der Waals surface area contributed by atoms with Crippen LogP contribution in [0.15, 0.2) is 29.2 Å². The molecular weight excluding hydrogens is 296 g/mol. The van der Waals surface area contributed by atoms with Crippen molar-refractivity contribution in [1.29, 1.82) is 0 Å². The van der Waals surface area contributed by atoms with Crippen molar-refractivity contribution in [1.82, 2.24) is 0 Å². The standard InChI is InChI=1S/C6H5S.Ir/c7-6-4-2-1-3-5-6;/h2-5,7H;/q-1;. The summed E-state index contributed by atoms with van der Waals surface area (Å²) in [6.45, 7) is 0. The molecule has 0 nitrogen and oxygen atoms in total. The molecule has 0 N–H and O–H groups in total. The summed E-state index contributed by atoms with van der Waals surface area (Å²) in [5, 5.41) is 0. The molecule has 0 spiro atoms. The Morgan fingerprint density at radius 3 is 2.00 bits per heavy atom. The predicted molar refractivity (Wildman–Crippen MR) is 32.5 cm³/mol. The van der Waals surface area contributed by atoms with Gasteiger partial charge in [0, 0.05) is 20.1 Å². The Labute approximate surface area is 68.1 Å². The Balaban J connectivity index is 0.000000490. The minimum atomic E-state index is 0. The fourth-order valence-electron chi connectivity index (χ4n) is 0.378. The topological polar surface area (TPSA) is 0 Å². The molecule has 0 aromatic heterocycles. The molecular formula is C6H5IrS-. The Bertz CT molecular complexity index is 138. The van der Waals surface area contributed by atoms with E-state index in [0.29, 0.717) is 0 Å². The second-order valence-electron chi connectivity index (χ2n) is 1.26. The van der Waals surface area contributed by atoms with Crippen LogP contribution in [0.3, 0.4) is 0 Å². The van der Waals surface area contributed by atoms with E-state index in [1.807, 2.05) is 24.3 Å². The average Bonchev–Trinajstić information content (AvgIpc) is 1.69. The van der Waals surface area contributed by atoms with E-state index in [1.54, 1.807) is 0 Å². The van der Waals surface area contributed by atoms with Crippen molar-refractivity contribution < 1.29 is 20.1 Å². The Morgan fingerprint density at radius 2 is 1.75 bits per heavy atom. The van der Waals surface area contributed by atoms with Crippen molar-refractivity contribution in [3.63, 3.8) is 0 Å². The largest absolute Gasteiger partial charge is 0.184 e. The van der Waals surface area contributed by atoms with Gasteiger partial charge >= 0.3 is 0 Å². The van der Waals surface area contributed by atoms with E-state index in [4.69, 9.17) is 0 Å². The molecule has 0 atom stereocenters. The smallest absolute Gasteiger partial charge is 0 e. The van der Waals surface area contributed by atoms with Gasteiger partial charge in [-0.1, -0.05) is 0 Å². The summed E-state index contributed by atoms with van der Waals surface area (Å²) in [6, 6.07) is 10.3. The van der Waals surface area contributed by atoms with Gasteiger partial charge in [0.25, 0.3) is 0 Å². The maximum atomic E-state index is 4.06. The molecule has 0 amide bonds. The summed E-state index contributed by atoms with van der Waals surface area (Å²) < 4.78 is 0. The molecule has 2 heteroatoms. The van der Waals surface area contributed by atoms with Gasteiger partial charge in [-0.2, -0.15) is 43.0 Å². The second kappa shape index (κ2) is 4.13. The number of rotatable bonds is 0. The fourth-order valence-corrected chi connectivity index (χ4v) is 0.527. The van der Waals surface area contributed by atoms with Crippen LogP contribution in [-0.2, 0) is 20.1 Å².